The number of hydrogen-bond donors (Lipinski definition) is 1. The van der Waals surface area contributed by atoms with Gasteiger partial charge in [0.1, 0.15) is 0 Å². The predicted molar refractivity (Wildman–Crippen MR) is 83.3 cm³/mol. The van der Waals surface area contributed by atoms with Gasteiger partial charge < -0.3 is 5.32 Å². The van der Waals surface area contributed by atoms with Crippen LogP contribution in [0, 0.1) is 11.8 Å². The summed E-state index contributed by atoms with van der Waals surface area (Å²) >= 11 is 2.18. The third-order valence-electron chi connectivity index (χ3n) is 4.94. The van der Waals surface area contributed by atoms with Crippen molar-refractivity contribution in [1.29, 1.82) is 0 Å². The van der Waals surface area contributed by atoms with Crippen LogP contribution in [0.25, 0.3) is 0 Å². The number of thioether (sulfide) groups is 1. The lowest BCUT2D eigenvalue weighted by Gasteiger charge is -2.38. The highest BCUT2D eigenvalue weighted by atomic mass is 32.2. The van der Waals surface area contributed by atoms with Gasteiger partial charge in [-0.05, 0) is 43.3 Å². The zero-order chi connectivity index (χ0) is 13.0. The molecule has 0 amide bonds. The summed E-state index contributed by atoms with van der Waals surface area (Å²) < 4.78 is 0. The molecule has 1 nitrogen and oxygen atoms in total. The SMILES string of the molecule is CCSC1CCCC1NC1CCCCC1C(C)C. The normalized spacial score (nSPS) is 37.3. The summed E-state index contributed by atoms with van der Waals surface area (Å²) in [6.07, 6.45) is 10.1. The second-order valence-corrected chi connectivity index (χ2v) is 8.01. The standard InChI is InChI=1S/C16H31NS/c1-4-18-16-11-7-10-15(16)17-14-9-6-5-8-13(14)12(2)3/h12-17H,4-11H2,1-3H3. The van der Waals surface area contributed by atoms with E-state index in [1.165, 1.54) is 50.7 Å². The molecule has 2 heteroatoms. The van der Waals surface area contributed by atoms with Crippen LogP contribution in [-0.4, -0.2) is 23.1 Å². The first kappa shape index (κ1) is 14.7. The summed E-state index contributed by atoms with van der Waals surface area (Å²) in [5, 5.41) is 4.96. The van der Waals surface area contributed by atoms with E-state index in [1.807, 2.05) is 0 Å². The highest BCUT2D eigenvalue weighted by Crippen LogP contribution is 2.34. The molecule has 0 aliphatic heterocycles. The summed E-state index contributed by atoms with van der Waals surface area (Å²) in [6.45, 7) is 7.13. The summed E-state index contributed by atoms with van der Waals surface area (Å²) in [7, 11) is 0. The van der Waals surface area contributed by atoms with Crippen molar-refractivity contribution in [2.75, 3.05) is 5.75 Å². The van der Waals surface area contributed by atoms with Crippen LogP contribution in [0.3, 0.4) is 0 Å². The van der Waals surface area contributed by atoms with E-state index in [4.69, 9.17) is 0 Å². The van der Waals surface area contributed by atoms with Crippen LogP contribution in [0.2, 0.25) is 0 Å². The zero-order valence-electron chi connectivity index (χ0n) is 12.5. The van der Waals surface area contributed by atoms with E-state index in [2.05, 4.69) is 37.8 Å². The van der Waals surface area contributed by atoms with Crippen LogP contribution in [0.4, 0.5) is 0 Å². The van der Waals surface area contributed by atoms with Crippen LogP contribution in [-0.2, 0) is 0 Å². The monoisotopic (exact) mass is 269 g/mol. The van der Waals surface area contributed by atoms with Gasteiger partial charge in [0.25, 0.3) is 0 Å². The van der Waals surface area contributed by atoms with Gasteiger partial charge >= 0.3 is 0 Å². The predicted octanol–water partition coefficient (Wildman–Crippen LogP) is 4.47. The fourth-order valence-electron chi connectivity index (χ4n) is 3.97. The van der Waals surface area contributed by atoms with Crippen molar-refractivity contribution in [2.24, 2.45) is 11.8 Å². The second kappa shape index (κ2) is 7.19. The Bertz CT molecular complexity index is 241. The molecule has 2 rings (SSSR count). The number of nitrogens with one attached hydrogen (secondary N) is 1. The summed E-state index contributed by atoms with van der Waals surface area (Å²) in [4.78, 5) is 0. The lowest BCUT2D eigenvalue weighted by molar-refractivity contribution is 0.193. The number of hydrogen-bond acceptors (Lipinski definition) is 2. The lowest BCUT2D eigenvalue weighted by atomic mass is 9.77. The zero-order valence-corrected chi connectivity index (χ0v) is 13.3. The van der Waals surface area contributed by atoms with Crippen molar-refractivity contribution < 1.29 is 0 Å². The van der Waals surface area contributed by atoms with Crippen LogP contribution < -0.4 is 5.32 Å². The Morgan fingerprint density at radius 3 is 2.44 bits per heavy atom. The van der Waals surface area contributed by atoms with Gasteiger partial charge in [-0.25, -0.2) is 0 Å². The molecule has 18 heavy (non-hydrogen) atoms. The molecule has 2 aliphatic carbocycles. The molecule has 0 saturated heterocycles. The van der Waals surface area contributed by atoms with Gasteiger partial charge in [-0.2, -0.15) is 11.8 Å². The quantitative estimate of drug-likeness (QED) is 0.790. The first-order valence-electron chi connectivity index (χ1n) is 8.10. The average Bonchev–Trinajstić information content (AvgIpc) is 2.78. The van der Waals surface area contributed by atoms with Gasteiger partial charge in [0.2, 0.25) is 0 Å². The Hall–Kier alpha value is 0.310. The Labute approximate surface area is 118 Å². The number of rotatable bonds is 5. The Morgan fingerprint density at radius 2 is 1.72 bits per heavy atom. The molecular formula is C16H31NS. The molecule has 2 aliphatic rings. The molecule has 0 aromatic carbocycles. The molecule has 1 N–H and O–H groups in total. The van der Waals surface area contributed by atoms with Gasteiger partial charge in [0.05, 0.1) is 0 Å². The van der Waals surface area contributed by atoms with Crippen LogP contribution in [0.1, 0.15) is 65.7 Å². The smallest absolute Gasteiger partial charge is 0.0201 e. The van der Waals surface area contributed by atoms with Crippen molar-refractivity contribution in [2.45, 2.75) is 83.1 Å². The van der Waals surface area contributed by atoms with E-state index in [1.54, 1.807) is 0 Å². The van der Waals surface area contributed by atoms with E-state index < -0.39 is 0 Å². The summed E-state index contributed by atoms with van der Waals surface area (Å²) in [5.74, 6) is 3.05. The highest BCUT2D eigenvalue weighted by molar-refractivity contribution is 7.99. The van der Waals surface area contributed by atoms with E-state index in [0.29, 0.717) is 0 Å². The molecule has 0 aromatic heterocycles. The van der Waals surface area contributed by atoms with Gasteiger partial charge in [-0.1, -0.05) is 40.0 Å². The van der Waals surface area contributed by atoms with Crippen LogP contribution >= 0.6 is 11.8 Å². The van der Waals surface area contributed by atoms with E-state index >= 15 is 0 Å². The Balaban J connectivity index is 1.89. The fourth-order valence-corrected chi connectivity index (χ4v) is 5.18. The highest BCUT2D eigenvalue weighted by Gasteiger charge is 2.33. The molecule has 0 heterocycles. The van der Waals surface area contributed by atoms with E-state index in [-0.39, 0.29) is 0 Å². The Morgan fingerprint density at radius 1 is 1.00 bits per heavy atom. The maximum Gasteiger partial charge on any atom is 0.0201 e. The molecule has 4 atom stereocenters. The molecule has 0 spiro atoms. The van der Waals surface area contributed by atoms with E-state index in [9.17, 15) is 0 Å². The fraction of sp³-hybridized carbons (Fsp3) is 1.00. The second-order valence-electron chi connectivity index (χ2n) is 6.50. The summed E-state index contributed by atoms with van der Waals surface area (Å²) in [5.41, 5.74) is 0. The third-order valence-corrected chi connectivity index (χ3v) is 6.26. The van der Waals surface area contributed by atoms with Gasteiger partial charge in [0, 0.05) is 17.3 Å². The lowest BCUT2D eigenvalue weighted by Crippen LogP contribution is -2.48. The topological polar surface area (TPSA) is 12.0 Å². The maximum absolute atomic E-state index is 4.06. The maximum atomic E-state index is 4.06. The molecule has 0 bridgehead atoms. The average molecular weight is 269 g/mol. The van der Waals surface area contributed by atoms with Gasteiger partial charge in [-0.3, -0.25) is 0 Å². The molecule has 0 aromatic rings. The molecule has 4 unspecified atom stereocenters. The van der Waals surface area contributed by atoms with Gasteiger partial charge in [-0.15, -0.1) is 0 Å². The van der Waals surface area contributed by atoms with Crippen LogP contribution in [0.15, 0.2) is 0 Å². The first-order chi connectivity index (χ1) is 8.72. The largest absolute Gasteiger partial charge is 0.310 e. The minimum absolute atomic E-state index is 0.805. The molecule has 2 saturated carbocycles. The molecule has 106 valence electrons. The van der Waals surface area contributed by atoms with Crippen LogP contribution in [0.5, 0.6) is 0 Å². The summed E-state index contributed by atoms with van der Waals surface area (Å²) in [6, 6.07) is 1.61. The van der Waals surface area contributed by atoms with Crippen molar-refractivity contribution in [1.82, 2.24) is 5.32 Å². The molecule has 2 fully saturated rings. The minimum Gasteiger partial charge on any atom is -0.310 e. The van der Waals surface area contributed by atoms with Gasteiger partial charge in [0.15, 0.2) is 0 Å². The van der Waals surface area contributed by atoms with Crippen molar-refractivity contribution >= 4 is 11.8 Å². The third kappa shape index (κ3) is 3.66. The van der Waals surface area contributed by atoms with Crippen molar-refractivity contribution in [3.05, 3.63) is 0 Å². The van der Waals surface area contributed by atoms with E-state index in [0.717, 1.165) is 29.2 Å². The molecular weight excluding hydrogens is 238 g/mol. The van der Waals surface area contributed by atoms with Crippen molar-refractivity contribution in [3.63, 3.8) is 0 Å². The first-order valence-corrected chi connectivity index (χ1v) is 9.15. The Kier molecular flexibility index (Phi) is 5.88. The molecule has 0 radical (unpaired) electrons. The van der Waals surface area contributed by atoms with Crippen molar-refractivity contribution in [3.8, 4) is 0 Å². The minimum atomic E-state index is 0.805.